The van der Waals surface area contributed by atoms with E-state index in [1.807, 2.05) is 36.4 Å². The maximum Gasteiger partial charge on any atom is 0.148 e. The summed E-state index contributed by atoms with van der Waals surface area (Å²) in [5.41, 5.74) is 8.58. The van der Waals surface area contributed by atoms with Gasteiger partial charge in [0.25, 0.3) is 0 Å². The van der Waals surface area contributed by atoms with Gasteiger partial charge in [-0.05, 0) is 42.3 Å². The summed E-state index contributed by atoms with van der Waals surface area (Å²) in [5, 5.41) is 4.27. The maximum atomic E-state index is 5.86. The first-order valence-corrected chi connectivity index (χ1v) is 7.65. The third-order valence-corrected chi connectivity index (χ3v) is 3.59. The van der Waals surface area contributed by atoms with Crippen molar-refractivity contribution in [1.82, 2.24) is 9.97 Å². The zero-order valence-electron chi connectivity index (χ0n) is 13.2. The largest absolute Gasteiger partial charge is 0.481 e. The molecule has 2 aromatic carbocycles. The van der Waals surface area contributed by atoms with Crippen LogP contribution in [0.15, 0.2) is 48.8 Å². The van der Waals surface area contributed by atoms with Crippen molar-refractivity contribution in [2.24, 2.45) is 0 Å². The van der Waals surface area contributed by atoms with E-state index < -0.39 is 0 Å². The van der Waals surface area contributed by atoms with Gasteiger partial charge in [0.15, 0.2) is 0 Å². The molecule has 0 amide bonds. The van der Waals surface area contributed by atoms with Gasteiger partial charge >= 0.3 is 0 Å². The van der Waals surface area contributed by atoms with E-state index in [1.54, 1.807) is 6.33 Å². The zero-order chi connectivity index (χ0) is 16.8. The summed E-state index contributed by atoms with van der Waals surface area (Å²) >= 11 is 0. The smallest absolute Gasteiger partial charge is 0.148 e. The number of benzene rings is 2. The van der Waals surface area contributed by atoms with Gasteiger partial charge in [-0.3, -0.25) is 0 Å². The van der Waals surface area contributed by atoms with Crippen molar-refractivity contribution in [3.8, 4) is 18.1 Å². The molecule has 0 bridgehead atoms. The number of anilines is 2. The topological polar surface area (TPSA) is 73.1 Å². The number of hydrogen-bond donors (Lipinski definition) is 2. The molecule has 5 nitrogen and oxygen atoms in total. The van der Waals surface area contributed by atoms with Gasteiger partial charge in [-0.1, -0.05) is 18.1 Å². The molecule has 0 aliphatic carbocycles. The van der Waals surface area contributed by atoms with Gasteiger partial charge < -0.3 is 15.8 Å². The molecule has 0 fully saturated rings. The lowest BCUT2D eigenvalue weighted by Gasteiger charge is -2.09. The van der Waals surface area contributed by atoms with Crippen molar-refractivity contribution in [3.05, 3.63) is 54.4 Å². The molecular formula is C19H18N4O. The Balaban J connectivity index is 1.67. The predicted octanol–water partition coefficient (Wildman–Crippen LogP) is 2.88. The molecule has 1 aromatic heterocycles. The summed E-state index contributed by atoms with van der Waals surface area (Å²) in [6.45, 7) is 1.01. The average molecular weight is 318 g/mol. The van der Waals surface area contributed by atoms with Crippen LogP contribution in [0.3, 0.4) is 0 Å². The highest BCUT2D eigenvalue weighted by Gasteiger charge is 2.04. The molecule has 0 saturated heterocycles. The Bertz CT molecular complexity index is 886. The first-order valence-electron chi connectivity index (χ1n) is 7.65. The van der Waals surface area contributed by atoms with Gasteiger partial charge in [0.2, 0.25) is 0 Å². The Morgan fingerprint density at radius 1 is 1.17 bits per heavy atom. The molecule has 0 aliphatic rings. The Kier molecular flexibility index (Phi) is 4.78. The number of nitrogens with two attached hydrogens (primary N) is 1. The van der Waals surface area contributed by atoms with Crippen LogP contribution in [0.4, 0.5) is 11.5 Å². The quantitative estimate of drug-likeness (QED) is 0.540. The van der Waals surface area contributed by atoms with E-state index in [1.165, 1.54) is 0 Å². The Morgan fingerprint density at radius 2 is 2.08 bits per heavy atom. The van der Waals surface area contributed by atoms with Crippen molar-refractivity contribution >= 4 is 22.4 Å². The summed E-state index contributed by atoms with van der Waals surface area (Å²) in [7, 11) is 0. The number of rotatable bonds is 6. The predicted molar refractivity (Wildman–Crippen MR) is 96.9 cm³/mol. The number of hydrogen-bond acceptors (Lipinski definition) is 5. The highest BCUT2D eigenvalue weighted by atomic mass is 16.5. The molecule has 0 atom stereocenters. The molecule has 0 unspecified atom stereocenters. The minimum atomic E-state index is 0.274. The second-order valence-electron chi connectivity index (χ2n) is 5.32. The number of ether oxygens (including phenoxy) is 1. The molecule has 0 saturated carbocycles. The summed E-state index contributed by atoms with van der Waals surface area (Å²) < 4.78 is 5.44. The summed E-state index contributed by atoms with van der Waals surface area (Å²) in [4.78, 5) is 8.56. The molecule has 1 heterocycles. The number of aromatic nitrogens is 2. The van der Waals surface area contributed by atoms with Crippen molar-refractivity contribution in [2.45, 2.75) is 6.42 Å². The second kappa shape index (κ2) is 7.34. The van der Waals surface area contributed by atoms with Crippen LogP contribution in [0, 0.1) is 12.3 Å². The van der Waals surface area contributed by atoms with Gasteiger partial charge in [-0.2, -0.15) is 0 Å². The van der Waals surface area contributed by atoms with Crippen molar-refractivity contribution < 1.29 is 4.74 Å². The lowest BCUT2D eigenvalue weighted by Crippen LogP contribution is -2.07. The first-order chi connectivity index (χ1) is 11.8. The molecule has 3 N–H and O–H groups in total. The number of fused-ring (bicyclic) bond motifs is 1. The number of nitrogen functional groups attached to an aromatic ring is 1. The van der Waals surface area contributed by atoms with E-state index in [9.17, 15) is 0 Å². The molecule has 3 aromatic rings. The van der Waals surface area contributed by atoms with E-state index in [-0.39, 0.29) is 6.61 Å². The Morgan fingerprint density at radius 3 is 2.96 bits per heavy atom. The fraction of sp³-hybridized carbons (Fsp3) is 0.158. The normalized spacial score (nSPS) is 10.3. The van der Waals surface area contributed by atoms with Gasteiger partial charge in [0.05, 0.1) is 5.52 Å². The van der Waals surface area contributed by atoms with E-state index in [2.05, 4.69) is 27.3 Å². The van der Waals surface area contributed by atoms with E-state index in [0.717, 1.165) is 41.0 Å². The van der Waals surface area contributed by atoms with Crippen LogP contribution in [0.25, 0.3) is 10.9 Å². The molecule has 0 aliphatic heterocycles. The van der Waals surface area contributed by atoms with Crippen LogP contribution in [-0.2, 0) is 6.42 Å². The third kappa shape index (κ3) is 3.73. The van der Waals surface area contributed by atoms with Crippen LogP contribution < -0.4 is 15.8 Å². The maximum absolute atomic E-state index is 5.86. The molecule has 3 rings (SSSR count). The second-order valence-corrected chi connectivity index (χ2v) is 5.32. The lowest BCUT2D eigenvalue weighted by molar-refractivity contribution is 0.370. The standard InChI is InChI=1S/C19H18N4O/c1-2-10-24-16-5-3-4-14(11-16)8-9-21-19-17-12-15(20)6-7-18(17)22-13-23-19/h1,3-7,11-13H,8-10,20H2,(H,21,22,23). The van der Waals surface area contributed by atoms with Gasteiger partial charge in [-0.15, -0.1) is 6.42 Å². The first kappa shape index (κ1) is 15.6. The van der Waals surface area contributed by atoms with Crippen LogP contribution in [-0.4, -0.2) is 23.1 Å². The van der Waals surface area contributed by atoms with E-state index >= 15 is 0 Å². The monoisotopic (exact) mass is 318 g/mol. The lowest BCUT2D eigenvalue weighted by atomic mass is 10.1. The Labute approximate surface area is 140 Å². The highest BCUT2D eigenvalue weighted by Crippen LogP contribution is 2.21. The molecule has 0 spiro atoms. The summed E-state index contributed by atoms with van der Waals surface area (Å²) in [6, 6.07) is 13.5. The van der Waals surface area contributed by atoms with Crippen LogP contribution in [0.5, 0.6) is 5.75 Å². The zero-order valence-corrected chi connectivity index (χ0v) is 13.2. The molecule has 0 radical (unpaired) electrons. The average Bonchev–Trinajstić information content (AvgIpc) is 2.61. The van der Waals surface area contributed by atoms with Gasteiger partial charge in [-0.25, -0.2) is 9.97 Å². The third-order valence-electron chi connectivity index (χ3n) is 3.59. The Hall–Kier alpha value is -3.26. The van der Waals surface area contributed by atoms with Crippen molar-refractivity contribution in [1.29, 1.82) is 0 Å². The van der Waals surface area contributed by atoms with Gasteiger partial charge in [0, 0.05) is 17.6 Å². The fourth-order valence-corrected chi connectivity index (χ4v) is 2.46. The summed E-state index contributed by atoms with van der Waals surface area (Å²) in [5.74, 6) is 4.03. The fourth-order valence-electron chi connectivity index (χ4n) is 2.46. The molecule has 5 heteroatoms. The van der Waals surface area contributed by atoms with Crippen molar-refractivity contribution in [3.63, 3.8) is 0 Å². The van der Waals surface area contributed by atoms with Gasteiger partial charge in [0.1, 0.15) is 24.5 Å². The SMILES string of the molecule is C#CCOc1cccc(CCNc2ncnc3ccc(N)cc23)c1. The van der Waals surface area contributed by atoms with Crippen molar-refractivity contribution in [2.75, 3.05) is 24.2 Å². The van der Waals surface area contributed by atoms with E-state index in [4.69, 9.17) is 16.9 Å². The van der Waals surface area contributed by atoms with Crippen LogP contribution in [0.1, 0.15) is 5.56 Å². The summed E-state index contributed by atoms with van der Waals surface area (Å²) in [6.07, 6.45) is 7.59. The van der Waals surface area contributed by atoms with E-state index in [0.29, 0.717) is 5.69 Å². The number of terminal acetylenes is 1. The molecule has 24 heavy (non-hydrogen) atoms. The minimum absolute atomic E-state index is 0.274. The number of nitrogens with one attached hydrogen (secondary N) is 1. The molecule has 120 valence electrons. The van der Waals surface area contributed by atoms with Crippen LogP contribution in [0.2, 0.25) is 0 Å². The number of nitrogens with zero attached hydrogens (tertiary/aromatic N) is 2. The minimum Gasteiger partial charge on any atom is -0.481 e. The molecular weight excluding hydrogens is 300 g/mol. The van der Waals surface area contributed by atoms with Crippen LogP contribution >= 0.6 is 0 Å². The highest BCUT2D eigenvalue weighted by molar-refractivity contribution is 5.91.